The second kappa shape index (κ2) is 6.72. The fourth-order valence-corrected chi connectivity index (χ4v) is 1.50. The monoisotopic (exact) mass is 265 g/mol. The van der Waals surface area contributed by atoms with Crippen LogP contribution >= 0.6 is 0 Å². The maximum absolute atomic E-state index is 11.5. The van der Waals surface area contributed by atoms with E-state index in [9.17, 15) is 9.59 Å². The van der Waals surface area contributed by atoms with Crippen molar-refractivity contribution in [2.45, 2.75) is 25.7 Å². The molecular formula is C13H19N3O3. The number of urea groups is 1. The maximum atomic E-state index is 11.5. The quantitative estimate of drug-likeness (QED) is 0.719. The second-order valence-corrected chi connectivity index (χ2v) is 4.85. The normalized spacial score (nSPS) is 10.8. The molecule has 3 N–H and O–H groups in total. The molecule has 6 heteroatoms. The van der Waals surface area contributed by atoms with Gasteiger partial charge in [0, 0.05) is 30.4 Å². The number of carbonyl (C=O) groups is 2. The van der Waals surface area contributed by atoms with Crippen molar-refractivity contribution in [1.29, 1.82) is 0 Å². The first-order valence-corrected chi connectivity index (χ1v) is 6.07. The molecule has 0 bridgehead atoms. The molecule has 0 saturated heterocycles. The van der Waals surface area contributed by atoms with Gasteiger partial charge in [0.1, 0.15) is 0 Å². The number of nitrogens with one attached hydrogen (secondary N) is 2. The molecule has 1 aromatic rings. The van der Waals surface area contributed by atoms with E-state index in [1.54, 1.807) is 6.20 Å². The van der Waals surface area contributed by atoms with Gasteiger partial charge in [0.15, 0.2) is 0 Å². The Balaban J connectivity index is 2.39. The average Bonchev–Trinajstić information content (AvgIpc) is 2.37. The van der Waals surface area contributed by atoms with E-state index in [4.69, 9.17) is 5.11 Å². The first-order chi connectivity index (χ1) is 8.92. The number of carboxylic acids is 1. The molecule has 0 aliphatic rings. The van der Waals surface area contributed by atoms with Crippen LogP contribution in [0.5, 0.6) is 0 Å². The van der Waals surface area contributed by atoms with E-state index in [2.05, 4.69) is 15.6 Å². The summed E-state index contributed by atoms with van der Waals surface area (Å²) in [6.07, 6.45) is 1.63. The van der Waals surface area contributed by atoms with Crippen LogP contribution in [-0.2, 0) is 10.2 Å². The molecule has 0 radical (unpaired) electrons. The third-order valence-corrected chi connectivity index (χ3v) is 2.67. The molecule has 0 aliphatic carbocycles. The SMILES string of the molecule is CC(C)(CNC(=O)NCCC(=O)O)c1ccccn1. The van der Waals surface area contributed by atoms with Crippen molar-refractivity contribution in [1.82, 2.24) is 15.6 Å². The van der Waals surface area contributed by atoms with Crippen LogP contribution in [0, 0.1) is 0 Å². The van der Waals surface area contributed by atoms with Gasteiger partial charge in [-0.2, -0.15) is 0 Å². The lowest BCUT2D eigenvalue weighted by Crippen LogP contribution is -2.43. The lowest BCUT2D eigenvalue weighted by molar-refractivity contribution is -0.136. The number of hydrogen-bond donors (Lipinski definition) is 3. The van der Waals surface area contributed by atoms with Crippen LogP contribution in [0.2, 0.25) is 0 Å². The summed E-state index contributed by atoms with van der Waals surface area (Å²) in [7, 11) is 0. The molecule has 1 heterocycles. The van der Waals surface area contributed by atoms with Crippen LogP contribution < -0.4 is 10.6 Å². The molecule has 0 fully saturated rings. The smallest absolute Gasteiger partial charge is 0.314 e. The summed E-state index contributed by atoms with van der Waals surface area (Å²) in [6.45, 7) is 4.49. The number of hydrogen-bond acceptors (Lipinski definition) is 3. The summed E-state index contributed by atoms with van der Waals surface area (Å²) in [5.74, 6) is -0.936. The molecular weight excluding hydrogens is 246 g/mol. The van der Waals surface area contributed by atoms with Crippen molar-refractivity contribution in [3.05, 3.63) is 30.1 Å². The summed E-state index contributed by atoms with van der Waals surface area (Å²) in [5, 5.41) is 13.7. The van der Waals surface area contributed by atoms with E-state index >= 15 is 0 Å². The molecule has 0 spiro atoms. The predicted octanol–water partition coefficient (Wildman–Crippen LogP) is 1.13. The highest BCUT2D eigenvalue weighted by Gasteiger charge is 2.22. The maximum Gasteiger partial charge on any atom is 0.314 e. The third kappa shape index (κ3) is 5.37. The lowest BCUT2D eigenvalue weighted by atomic mass is 9.89. The van der Waals surface area contributed by atoms with Crippen LogP contribution in [0.4, 0.5) is 4.79 Å². The molecule has 6 nitrogen and oxygen atoms in total. The van der Waals surface area contributed by atoms with Gasteiger partial charge in [0.25, 0.3) is 0 Å². The van der Waals surface area contributed by atoms with Gasteiger partial charge in [0.2, 0.25) is 0 Å². The first-order valence-electron chi connectivity index (χ1n) is 6.07. The van der Waals surface area contributed by atoms with Crippen LogP contribution in [0.25, 0.3) is 0 Å². The van der Waals surface area contributed by atoms with Crippen molar-refractivity contribution in [3.8, 4) is 0 Å². The number of nitrogens with zero attached hydrogens (tertiary/aromatic N) is 1. The molecule has 0 atom stereocenters. The Morgan fingerprint density at radius 1 is 1.32 bits per heavy atom. The van der Waals surface area contributed by atoms with Crippen molar-refractivity contribution in [2.24, 2.45) is 0 Å². The topological polar surface area (TPSA) is 91.3 Å². The van der Waals surface area contributed by atoms with Crippen molar-refractivity contribution < 1.29 is 14.7 Å². The molecule has 104 valence electrons. The molecule has 0 unspecified atom stereocenters. The predicted molar refractivity (Wildman–Crippen MR) is 70.9 cm³/mol. The molecule has 1 aromatic heterocycles. The Morgan fingerprint density at radius 2 is 2.05 bits per heavy atom. The van der Waals surface area contributed by atoms with Gasteiger partial charge in [-0.25, -0.2) is 4.79 Å². The van der Waals surface area contributed by atoms with Crippen molar-refractivity contribution in [2.75, 3.05) is 13.1 Å². The molecule has 2 amide bonds. The van der Waals surface area contributed by atoms with Crippen LogP contribution in [0.15, 0.2) is 24.4 Å². The van der Waals surface area contributed by atoms with Crippen LogP contribution in [0.3, 0.4) is 0 Å². The first kappa shape index (κ1) is 14.9. The van der Waals surface area contributed by atoms with Gasteiger partial charge in [-0.15, -0.1) is 0 Å². The summed E-state index contributed by atoms with van der Waals surface area (Å²) in [4.78, 5) is 26.0. The second-order valence-electron chi connectivity index (χ2n) is 4.85. The zero-order valence-electron chi connectivity index (χ0n) is 11.1. The number of amides is 2. The van der Waals surface area contributed by atoms with Gasteiger partial charge in [-0.05, 0) is 12.1 Å². The van der Waals surface area contributed by atoms with Gasteiger partial charge in [-0.1, -0.05) is 19.9 Å². The Bertz CT molecular complexity index is 432. The largest absolute Gasteiger partial charge is 0.481 e. The number of aromatic nitrogens is 1. The van der Waals surface area contributed by atoms with Gasteiger partial charge in [-0.3, -0.25) is 9.78 Å². The molecule has 0 aliphatic heterocycles. The summed E-state index contributed by atoms with van der Waals surface area (Å²) in [5.41, 5.74) is 0.603. The third-order valence-electron chi connectivity index (χ3n) is 2.67. The number of aliphatic carboxylic acids is 1. The fourth-order valence-electron chi connectivity index (χ4n) is 1.50. The standard InChI is InChI=1S/C13H19N3O3/c1-13(2,10-5-3-4-7-14-10)9-16-12(19)15-8-6-11(17)18/h3-5,7H,6,8-9H2,1-2H3,(H,17,18)(H2,15,16,19). The van der Waals surface area contributed by atoms with E-state index < -0.39 is 5.97 Å². The van der Waals surface area contributed by atoms with E-state index in [1.807, 2.05) is 32.0 Å². The van der Waals surface area contributed by atoms with E-state index in [1.165, 1.54) is 0 Å². The zero-order valence-corrected chi connectivity index (χ0v) is 11.1. The van der Waals surface area contributed by atoms with E-state index in [0.29, 0.717) is 6.54 Å². The minimum absolute atomic E-state index is 0.0863. The summed E-state index contributed by atoms with van der Waals surface area (Å²) in [6, 6.07) is 5.28. The Morgan fingerprint density at radius 3 is 2.63 bits per heavy atom. The Labute approximate surface area is 112 Å². The van der Waals surface area contributed by atoms with Crippen molar-refractivity contribution in [3.63, 3.8) is 0 Å². The Hall–Kier alpha value is -2.11. The van der Waals surface area contributed by atoms with E-state index in [0.717, 1.165) is 5.69 Å². The highest BCUT2D eigenvalue weighted by atomic mass is 16.4. The minimum atomic E-state index is -0.936. The number of pyridine rings is 1. The highest BCUT2D eigenvalue weighted by molar-refractivity contribution is 5.75. The van der Waals surface area contributed by atoms with Gasteiger partial charge in [0.05, 0.1) is 6.42 Å². The zero-order chi connectivity index (χ0) is 14.3. The van der Waals surface area contributed by atoms with Crippen LogP contribution in [-0.4, -0.2) is 35.2 Å². The van der Waals surface area contributed by atoms with Gasteiger partial charge < -0.3 is 15.7 Å². The summed E-state index contributed by atoms with van der Waals surface area (Å²) >= 11 is 0. The highest BCUT2D eigenvalue weighted by Crippen LogP contribution is 2.19. The Kier molecular flexibility index (Phi) is 5.29. The van der Waals surface area contributed by atoms with Crippen LogP contribution in [0.1, 0.15) is 26.0 Å². The number of rotatable bonds is 6. The average molecular weight is 265 g/mol. The van der Waals surface area contributed by atoms with E-state index in [-0.39, 0.29) is 24.4 Å². The molecule has 19 heavy (non-hydrogen) atoms. The van der Waals surface area contributed by atoms with Gasteiger partial charge >= 0.3 is 12.0 Å². The molecule has 0 saturated carbocycles. The number of carboxylic acid groups (broad SMARTS) is 1. The van der Waals surface area contributed by atoms with Crippen molar-refractivity contribution >= 4 is 12.0 Å². The molecule has 1 rings (SSSR count). The summed E-state index contributed by atoms with van der Waals surface area (Å²) < 4.78 is 0. The lowest BCUT2D eigenvalue weighted by Gasteiger charge is -2.24. The number of carbonyl (C=O) groups excluding carboxylic acids is 1. The molecule has 0 aromatic carbocycles. The minimum Gasteiger partial charge on any atom is -0.481 e. The fraction of sp³-hybridized carbons (Fsp3) is 0.462.